The van der Waals surface area contributed by atoms with Gasteiger partial charge in [-0.2, -0.15) is 0 Å². The van der Waals surface area contributed by atoms with Gasteiger partial charge in [-0.25, -0.2) is 0 Å². The third-order valence-electron chi connectivity index (χ3n) is 1.04. The molecule has 1 aromatic rings. The van der Waals surface area contributed by atoms with Crippen molar-refractivity contribution in [2.24, 2.45) is 0 Å². The second-order valence-electron chi connectivity index (χ2n) is 1.61. The largest absolute Gasteiger partial charge is 0.255 e. The van der Waals surface area contributed by atoms with Gasteiger partial charge in [-0.1, -0.05) is 43.0 Å². The summed E-state index contributed by atoms with van der Waals surface area (Å²) in [7, 11) is 0. The Morgan fingerprint density at radius 1 is 1.10 bits per heavy atom. The molecular formula is C8H10O2. The smallest absolute Gasteiger partial charge is 0.0263 e. The molecule has 0 unspecified atom stereocenters. The van der Waals surface area contributed by atoms with Crippen LogP contribution in [0.3, 0.4) is 0 Å². The monoisotopic (exact) mass is 138 g/mol. The molecule has 0 aromatic heterocycles. The Kier molecular flexibility index (Phi) is 5.33. The van der Waals surface area contributed by atoms with Gasteiger partial charge < -0.3 is 0 Å². The number of benzene rings is 1. The summed E-state index contributed by atoms with van der Waals surface area (Å²) in [5.74, 6) is 0. The zero-order valence-electron chi connectivity index (χ0n) is 5.57. The first-order chi connectivity index (χ1) is 4.93. The molecule has 1 aromatic carbocycles. The fraction of sp³-hybridized carbons (Fsp3) is 0. The fourth-order valence-electron chi connectivity index (χ4n) is 0.589. The molecule has 0 spiro atoms. The molecule has 0 heterocycles. The minimum absolute atomic E-state index is 1.17. The highest BCUT2D eigenvalue weighted by molar-refractivity contribution is 5.45. The van der Waals surface area contributed by atoms with Crippen LogP contribution in [0.25, 0.3) is 6.08 Å². The van der Waals surface area contributed by atoms with E-state index in [0.717, 1.165) is 0 Å². The summed E-state index contributed by atoms with van der Waals surface area (Å²) in [5.41, 5.74) is 1.17. The SMILES string of the molecule is C=Cc1ccccc1.OO. The number of rotatable bonds is 1. The average Bonchev–Trinajstić information content (AvgIpc) is 2.10. The lowest BCUT2D eigenvalue weighted by atomic mass is 10.2. The predicted octanol–water partition coefficient (Wildman–Crippen LogP) is 2.35. The zero-order valence-corrected chi connectivity index (χ0v) is 5.57. The van der Waals surface area contributed by atoms with Crippen LogP contribution >= 0.6 is 0 Å². The Morgan fingerprint density at radius 3 is 1.90 bits per heavy atom. The quantitative estimate of drug-likeness (QED) is 0.462. The van der Waals surface area contributed by atoms with Crippen LogP contribution < -0.4 is 0 Å². The van der Waals surface area contributed by atoms with E-state index in [9.17, 15) is 0 Å². The van der Waals surface area contributed by atoms with Crippen LogP contribution in [0.15, 0.2) is 36.9 Å². The lowest BCUT2D eigenvalue weighted by Crippen LogP contribution is -1.63. The third kappa shape index (κ3) is 3.02. The minimum Gasteiger partial charge on any atom is -0.255 e. The molecule has 2 N–H and O–H groups in total. The van der Waals surface area contributed by atoms with Crippen LogP contribution in [0.2, 0.25) is 0 Å². The molecule has 0 amide bonds. The highest BCUT2D eigenvalue weighted by atomic mass is 17.0. The maximum absolute atomic E-state index is 6.00. The van der Waals surface area contributed by atoms with Crippen molar-refractivity contribution < 1.29 is 10.5 Å². The first-order valence-corrected chi connectivity index (χ1v) is 2.81. The van der Waals surface area contributed by atoms with Crippen LogP contribution in [0.5, 0.6) is 0 Å². The van der Waals surface area contributed by atoms with Crippen molar-refractivity contribution in [3.8, 4) is 0 Å². The summed E-state index contributed by atoms with van der Waals surface area (Å²) < 4.78 is 0. The lowest BCUT2D eigenvalue weighted by molar-refractivity contribution is -0.176. The van der Waals surface area contributed by atoms with Gasteiger partial charge in [0, 0.05) is 0 Å². The van der Waals surface area contributed by atoms with E-state index in [4.69, 9.17) is 10.5 Å². The van der Waals surface area contributed by atoms with E-state index in [1.165, 1.54) is 5.56 Å². The fourth-order valence-corrected chi connectivity index (χ4v) is 0.589. The molecule has 2 heteroatoms. The van der Waals surface area contributed by atoms with E-state index < -0.39 is 0 Å². The molecule has 0 aliphatic rings. The number of hydrogen-bond acceptors (Lipinski definition) is 2. The molecule has 0 aliphatic heterocycles. The van der Waals surface area contributed by atoms with Gasteiger partial charge >= 0.3 is 0 Å². The average molecular weight is 138 g/mol. The van der Waals surface area contributed by atoms with Gasteiger partial charge in [-0.3, -0.25) is 10.5 Å². The predicted molar refractivity (Wildman–Crippen MR) is 41.8 cm³/mol. The second-order valence-corrected chi connectivity index (χ2v) is 1.61. The summed E-state index contributed by atoms with van der Waals surface area (Å²) in [6.45, 7) is 3.63. The van der Waals surface area contributed by atoms with Crippen LogP contribution in [-0.2, 0) is 0 Å². The molecule has 10 heavy (non-hydrogen) atoms. The van der Waals surface area contributed by atoms with Crippen molar-refractivity contribution in [3.63, 3.8) is 0 Å². The van der Waals surface area contributed by atoms with Gasteiger partial charge in [-0.05, 0) is 5.56 Å². The van der Waals surface area contributed by atoms with E-state index in [2.05, 4.69) is 6.58 Å². The summed E-state index contributed by atoms with van der Waals surface area (Å²) >= 11 is 0. The van der Waals surface area contributed by atoms with Crippen LogP contribution in [0.1, 0.15) is 5.56 Å². The summed E-state index contributed by atoms with van der Waals surface area (Å²) in [5, 5.41) is 12.0. The van der Waals surface area contributed by atoms with E-state index in [0.29, 0.717) is 0 Å². The van der Waals surface area contributed by atoms with Crippen LogP contribution in [-0.4, -0.2) is 10.5 Å². The Bertz CT molecular complexity index is 170. The van der Waals surface area contributed by atoms with Crippen molar-refractivity contribution in [1.82, 2.24) is 0 Å². The van der Waals surface area contributed by atoms with Crippen molar-refractivity contribution in [1.29, 1.82) is 0 Å². The summed E-state index contributed by atoms with van der Waals surface area (Å²) in [6, 6.07) is 10.0. The Balaban J connectivity index is 0.000000371. The maximum Gasteiger partial charge on any atom is -0.0263 e. The molecule has 0 radical (unpaired) electrons. The van der Waals surface area contributed by atoms with E-state index in [1.54, 1.807) is 0 Å². The molecule has 2 nitrogen and oxygen atoms in total. The van der Waals surface area contributed by atoms with Crippen LogP contribution in [0.4, 0.5) is 0 Å². The highest BCUT2D eigenvalue weighted by Crippen LogP contribution is 1.97. The van der Waals surface area contributed by atoms with Gasteiger partial charge in [0.05, 0.1) is 0 Å². The van der Waals surface area contributed by atoms with E-state index >= 15 is 0 Å². The molecule has 0 fully saturated rings. The van der Waals surface area contributed by atoms with E-state index in [1.807, 2.05) is 36.4 Å². The number of hydrogen-bond donors (Lipinski definition) is 2. The zero-order chi connectivity index (χ0) is 7.82. The van der Waals surface area contributed by atoms with Gasteiger partial charge in [0.2, 0.25) is 0 Å². The maximum atomic E-state index is 6.00. The van der Waals surface area contributed by atoms with Crippen molar-refractivity contribution >= 4 is 6.08 Å². The normalized spacial score (nSPS) is 7.40. The third-order valence-corrected chi connectivity index (χ3v) is 1.04. The Morgan fingerprint density at radius 2 is 1.60 bits per heavy atom. The first kappa shape index (κ1) is 8.88. The molecule has 1 rings (SSSR count). The standard InChI is InChI=1S/C8H8.H2O2/c1-2-8-6-4-3-5-7-8;1-2/h2-7H,1H2;1-2H. The van der Waals surface area contributed by atoms with Gasteiger partial charge in [0.1, 0.15) is 0 Å². The van der Waals surface area contributed by atoms with Crippen molar-refractivity contribution in [2.45, 2.75) is 0 Å². The molecule has 0 bridgehead atoms. The molecule has 0 saturated carbocycles. The van der Waals surface area contributed by atoms with Gasteiger partial charge in [0.15, 0.2) is 0 Å². The second kappa shape index (κ2) is 6.01. The molecule has 54 valence electrons. The molecule has 0 atom stereocenters. The van der Waals surface area contributed by atoms with Gasteiger partial charge in [-0.15, -0.1) is 0 Å². The van der Waals surface area contributed by atoms with Crippen LogP contribution in [0, 0.1) is 0 Å². The molecule has 0 saturated heterocycles. The molecule has 0 aliphatic carbocycles. The summed E-state index contributed by atoms with van der Waals surface area (Å²) in [6.07, 6.45) is 1.83. The van der Waals surface area contributed by atoms with Crippen molar-refractivity contribution in [3.05, 3.63) is 42.5 Å². The minimum atomic E-state index is 1.17. The summed E-state index contributed by atoms with van der Waals surface area (Å²) in [4.78, 5) is 0. The lowest BCUT2D eigenvalue weighted by Gasteiger charge is -1.85. The van der Waals surface area contributed by atoms with E-state index in [-0.39, 0.29) is 0 Å². The van der Waals surface area contributed by atoms with Crippen molar-refractivity contribution in [2.75, 3.05) is 0 Å². The topological polar surface area (TPSA) is 40.5 Å². The Labute approximate surface area is 60.0 Å². The Hall–Kier alpha value is -1.12. The van der Waals surface area contributed by atoms with Gasteiger partial charge in [0.25, 0.3) is 0 Å². The molecular weight excluding hydrogens is 128 g/mol. The first-order valence-electron chi connectivity index (χ1n) is 2.81. The highest BCUT2D eigenvalue weighted by Gasteiger charge is 1.75.